The average molecular weight is 279 g/mol. The van der Waals surface area contributed by atoms with Crippen LogP contribution >= 0.6 is 0 Å². The van der Waals surface area contributed by atoms with Crippen molar-refractivity contribution in [2.24, 2.45) is 0 Å². The zero-order valence-electron chi connectivity index (χ0n) is 12.8. The highest BCUT2D eigenvalue weighted by Crippen LogP contribution is 2.34. The first-order chi connectivity index (χ1) is 10.2. The summed E-state index contributed by atoms with van der Waals surface area (Å²) in [4.78, 5) is 3.52. The van der Waals surface area contributed by atoms with Gasteiger partial charge in [0.25, 0.3) is 0 Å². The summed E-state index contributed by atoms with van der Waals surface area (Å²) < 4.78 is 0. The Morgan fingerprint density at radius 3 is 2.19 bits per heavy atom. The van der Waals surface area contributed by atoms with Gasteiger partial charge < -0.3 is 10.1 Å². The third-order valence-electron chi connectivity index (χ3n) is 4.28. The van der Waals surface area contributed by atoms with Gasteiger partial charge in [0.2, 0.25) is 0 Å². The lowest BCUT2D eigenvalue weighted by Crippen LogP contribution is -1.92. The van der Waals surface area contributed by atoms with Crippen LogP contribution < -0.4 is 0 Å². The molecule has 0 radical (unpaired) electrons. The third-order valence-corrected chi connectivity index (χ3v) is 4.28. The molecule has 2 N–H and O–H groups in total. The molecule has 0 aliphatic heterocycles. The number of rotatable bonds is 3. The Hall–Kier alpha value is -2.22. The lowest BCUT2D eigenvalue weighted by molar-refractivity contribution is 0.462. The maximum Gasteiger partial charge on any atom is 0.121 e. The molecule has 0 saturated heterocycles. The van der Waals surface area contributed by atoms with Crippen LogP contribution in [-0.4, -0.2) is 10.1 Å². The summed E-state index contributed by atoms with van der Waals surface area (Å²) in [5.74, 6) is 0.456. The lowest BCUT2D eigenvalue weighted by Gasteiger charge is -2.11. The normalized spacial score (nSPS) is 11.2. The summed E-state index contributed by atoms with van der Waals surface area (Å²) in [7, 11) is 0. The summed E-state index contributed by atoms with van der Waals surface area (Å²) in [6, 6.07) is 12.6. The highest BCUT2D eigenvalue weighted by atomic mass is 16.3. The highest BCUT2D eigenvalue weighted by Gasteiger charge is 2.13. The van der Waals surface area contributed by atoms with E-state index in [-0.39, 0.29) is 0 Å². The number of nitrogens with one attached hydrogen (secondary N) is 1. The zero-order valence-corrected chi connectivity index (χ0v) is 12.8. The van der Waals surface area contributed by atoms with Crippen LogP contribution in [0.4, 0.5) is 0 Å². The van der Waals surface area contributed by atoms with Gasteiger partial charge in [0.15, 0.2) is 0 Å². The maximum atomic E-state index is 10.3. The van der Waals surface area contributed by atoms with Gasteiger partial charge >= 0.3 is 0 Å². The molecule has 2 heteroatoms. The maximum absolute atomic E-state index is 10.3. The molecular weight excluding hydrogens is 258 g/mol. The molecule has 21 heavy (non-hydrogen) atoms. The van der Waals surface area contributed by atoms with Crippen LogP contribution in [0.3, 0.4) is 0 Å². The van der Waals surface area contributed by atoms with E-state index in [0.717, 1.165) is 40.7 Å². The second-order valence-electron chi connectivity index (χ2n) is 5.52. The molecule has 3 aromatic rings. The number of aromatic amines is 1. The molecule has 0 saturated carbocycles. The average Bonchev–Trinajstić information content (AvgIpc) is 2.85. The van der Waals surface area contributed by atoms with Gasteiger partial charge in [0, 0.05) is 16.6 Å². The number of para-hydroxylation sites is 1. The van der Waals surface area contributed by atoms with Gasteiger partial charge in [-0.25, -0.2) is 0 Å². The standard InChI is InChI=1S/C19H21NO/c1-4-13-10-15(11-14(5-2)19(13)21)18-12(3)16-8-6-7-9-17(16)20-18/h6-11,20-21H,4-5H2,1-3H3. The van der Waals surface area contributed by atoms with Gasteiger partial charge in [-0.15, -0.1) is 0 Å². The van der Waals surface area contributed by atoms with Crippen molar-refractivity contribution in [2.45, 2.75) is 33.6 Å². The van der Waals surface area contributed by atoms with Crippen LogP contribution in [0.5, 0.6) is 5.75 Å². The van der Waals surface area contributed by atoms with Crippen LogP contribution in [0.25, 0.3) is 22.2 Å². The zero-order chi connectivity index (χ0) is 15.0. The smallest absolute Gasteiger partial charge is 0.121 e. The Balaban J connectivity index is 2.25. The van der Waals surface area contributed by atoms with Gasteiger partial charge in [0.1, 0.15) is 5.75 Å². The SMILES string of the molecule is CCc1cc(-c2[nH]c3ccccc3c2C)cc(CC)c1O. The van der Waals surface area contributed by atoms with E-state index in [1.165, 1.54) is 10.9 Å². The number of hydrogen-bond acceptors (Lipinski definition) is 1. The minimum absolute atomic E-state index is 0.456. The van der Waals surface area contributed by atoms with E-state index in [1.807, 2.05) is 6.07 Å². The van der Waals surface area contributed by atoms with Crippen molar-refractivity contribution >= 4 is 10.9 Å². The Bertz CT molecular complexity index is 773. The quantitative estimate of drug-likeness (QED) is 0.697. The molecule has 0 fully saturated rings. The van der Waals surface area contributed by atoms with Gasteiger partial charge in [-0.05, 0) is 60.2 Å². The Kier molecular flexibility index (Phi) is 3.46. The summed E-state index contributed by atoms with van der Waals surface area (Å²) >= 11 is 0. The summed E-state index contributed by atoms with van der Waals surface area (Å²) in [5.41, 5.74) is 6.77. The van der Waals surface area contributed by atoms with Gasteiger partial charge in [-0.2, -0.15) is 0 Å². The first kappa shape index (κ1) is 13.7. The number of H-pyrrole nitrogens is 1. The fourth-order valence-corrected chi connectivity index (χ4v) is 3.01. The number of phenolic OH excluding ortho intramolecular Hbond substituents is 1. The van der Waals surface area contributed by atoms with E-state index in [9.17, 15) is 5.11 Å². The largest absolute Gasteiger partial charge is 0.507 e. The predicted octanol–water partition coefficient (Wildman–Crippen LogP) is 4.97. The number of aromatic nitrogens is 1. The molecule has 0 unspecified atom stereocenters. The van der Waals surface area contributed by atoms with Gasteiger partial charge in [0.05, 0.1) is 0 Å². The van der Waals surface area contributed by atoms with E-state index in [4.69, 9.17) is 0 Å². The number of phenols is 1. The molecule has 0 bridgehead atoms. The first-order valence-electron chi connectivity index (χ1n) is 7.58. The number of aromatic hydroxyl groups is 1. The number of hydrogen-bond donors (Lipinski definition) is 2. The third kappa shape index (κ3) is 2.21. The fraction of sp³-hybridized carbons (Fsp3) is 0.263. The molecule has 1 aromatic heterocycles. The first-order valence-corrected chi connectivity index (χ1v) is 7.58. The monoisotopic (exact) mass is 279 g/mol. The minimum Gasteiger partial charge on any atom is -0.507 e. The molecule has 108 valence electrons. The predicted molar refractivity (Wildman–Crippen MR) is 88.9 cm³/mol. The van der Waals surface area contributed by atoms with Gasteiger partial charge in [-0.3, -0.25) is 0 Å². The molecule has 2 nitrogen and oxygen atoms in total. The summed E-state index contributed by atoms with van der Waals surface area (Å²) in [6.45, 7) is 6.31. The van der Waals surface area contributed by atoms with E-state index in [0.29, 0.717) is 5.75 Å². The molecular formula is C19H21NO. The van der Waals surface area contributed by atoms with Crippen molar-refractivity contribution in [1.29, 1.82) is 0 Å². The minimum atomic E-state index is 0.456. The molecule has 2 aromatic carbocycles. The number of aryl methyl sites for hydroxylation is 3. The van der Waals surface area contributed by atoms with Crippen LogP contribution in [0.1, 0.15) is 30.5 Å². The van der Waals surface area contributed by atoms with E-state index < -0.39 is 0 Å². The molecule has 0 aliphatic rings. The van der Waals surface area contributed by atoms with E-state index in [1.54, 1.807) is 0 Å². The summed E-state index contributed by atoms with van der Waals surface area (Å²) in [6.07, 6.45) is 1.68. The second kappa shape index (κ2) is 5.28. The van der Waals surface area contributed by atoms with E-state index in [2.05, 4.69) is 56.1 Å². The Morgan fingerprint density at radius 2 is 1.62 bits per heavy atom. The van der Waals surface area contributed by atoms with Crippen molar-refractivity contribution in [3.8, 4) is 17.0 Å². The second-order valence-corrected chi connectivity index (χ2v) is 5.52. The number of benzene rings is 2. The summed E-state index contributed by atoms with van der Waals surface area (Å²) in [5, 5.41) is 11.5. The van der Waals surface area contributed by atoms with Crippen molar-refractivity contribution in [3.05, 3.63) is 53.1 Å². The topological polar surface area (TPSA) is 36.0 Å². The van der Waals surface area contributed by atoms with Crippen LogP contribution in [0.2, 0.25) is 0 Å². The van der Waals surface area contributed by atoms with Crippen molar-refractivity contribution in [2.75, 3.05) is 0 Å². The molecule has 0 aliphatic carbocycles. The fourth-order valence-electron chi connectivity index (χ4n) is 3.01. The van der Waals surface area contributed by atoms with Gasteiger partial charge in [-0.1, -0.05) is 32.0 Å². The number of fused-ring (bicyclic) bond motifs is 1. The van der Waals surface area contributed by atoms with Crippen molar-refractivity contribution in [1.82, 2.24) is 4.98 Å². The van der Waals surface area contributed by atoms with Crippen molar-refractivity contribution in [3.63, 3.8) is 0 Å². The van der Waals surface area contributed by atoms with Crippen LogP contribution in [0.15, 0.2) is 36.4 Å². The Morgan fingerprint density at radius 1 is 1.00 bits per heavy atom. The van der Waals surface area contributed by atoms with Crippen LogP contribution in [0, 0.1) is 6.92 Å². The lowest BCUT2D eigenvalue weighted by atomic mass is 9.97. The molecule has 3 rings (SSSR count). The highest BCUT2D eigenvalue weighted by molar-refractivity contribution is 5.90. The van der Waals surface area contributed by atoms with Crippen molar-refractivity contribution < 1.29 is 5.11 Å². The van der Waals surface area contributed by atoms with E-state index >= 15 is 0 Å². The Labute approximate surface area is 125 Å². The van der Waals surface area contributed by atoms with Crippen LogP contribution in [-0.2, 0) is 12.8 Å². The molecule has 0 spiro atoms. The molecule has 0 amide bonds. The molecule has 1 heterocycles. The molecule has 0 atom stereocenters.